The minimum absolute atomic E-state index is 0. The molecule has 0 saturated carbocycles. The van der Waals surface area contributed by atoms with Crippen molar-refractivity contribution in [1.29, 1.82) is 0 Å². The quantitative estimate of drug-likeness (QED) is 0.241. The second-order valence-electron chi connectivity index (χ2n) is 14.5. The summed E-state index contributed by atoms with van der Waals surface area (Å²) < 4.78 is 2.10. The van der Waals surface area contributed by atoms with Gasteiger partial charge in [-0.2, -0.15) is 0 Å². The maximum atomic E-state index is 2.62. The molecule has 0 aromatic heterocycles. The average molecular weight is 758 g/mol. The first-order valence-corrected chi connectivity index (χ1v) is 26.2. The first-order chi connectivity index (χ1) is 21.0. The Kier molecular flexibility index (Phi) is 11.8. The van der Waals surface area contributed by atoms with Gasteiger partial charge in [-0.1, -0.05) is 0 Å². The first kappa shape index (κ1) is 37.0. The van der Waals surface area contributed by atoms with Gasteiger partial charge in [0.05, 0.1) is 0 Å². The van der Waals surface area contributed by atoms with Crippen molar-refractivity contribution in [1.82, 2.24) is 0 Å². The van der Waals surface area contributed by atoms with Crippen LogP contribution in [0.3, 0.4) is 0 Å². The summed E-state index contributed by atoms with van der Waals surface area (Å²) in [6.07, 6.45) is 10.4. The van der Waals surface area contributed by atoms with Gasteiger partial charge in [0.1, 0.15) is 0 Å². The van der Waals surface area contributed by atoms with E-state index in [0.717, 1.165) is 19.3 Å². The second-order valence-corrected chi connectivity index (χ2v) is 27.9. The zero-order valence-electron chi connectivity index (χ0n) is 28.7. The average Bonchev–Trinajstić information content (AvgIpc) is 3.65. The molecule has 0 radical (unpaired) electrons. The summed E-state index contributed by atoms with van der Waals surface area (Å²) in [4.78, 5) is 0. The van der Waals surface area contributed by atoms with Gasteiger partial charge >= 0.3 is 281 Å². The number of halogens is 2. The number of hydrogen-bond acceptors (Lipinski definition) is 0. The van der Waals surface area contributed by atoms with Crippen molar-refractivity contribution >= 4 is 35.3 Å². The molecule has 0 saturated heterocycles. The minimum Gasteiger partial charge on any atom is -1.00 e. The van der Waals surface area contributed by atoms with E-state index >= 15 is 0 Å². The first-order valence-electron chi connectivity index (χ1n) is 16.5. The van der Waals surface area contributed by atoms with Crippen molar-refractivity contribution in [3.05, 3.63) is 136 Å². The Labute approximate surface area is 303 Å². The van der Waals surface area contributed by atoms with Crippen LogP contribution in [-0.4, -0.2) is 19.4 Å². The van der Waals surface area contributed by atoms with Crippen LogP contribution >= 0.6 is 0 Å². The van der Waals surface area contributed by atoms with E-state index in [1.165, 1.54) is 16.7 Å². The Bertz CT molecular complexity index is 1770. The molecule has 0 fully saturated rings. The summed E-state index contributed by atoms with van der Waals surface area (Å²) in [6.45, 7) is 20.4. The maximum absolute atomic E-state index is 2.62. The van der Waals surface area contributed by atoms with Crippen LogP contribution in [0.1, 0.15) is 62.8 Å². The van der Waals surface area contributed by atoms with E-state index in [1.54, 1.807) is 52.5 Å². The second kappa shape index (κ2) is 14.7. The molecule has 2 aliphatic carbocycles. The molecule has 0 bridgehead atoms. The summed E-state index contributed by atoms with van der Waals surface area (Å²) in [5.74, 6) is 0. The van der Waals surface area contributed by atoms with Crippen molar-refractivity contribution in [2.45, 2.75) is 76.0 Å². The summed E-state index contributed by atoms with van der Waals surface area (Å²) in [5.41, 5.74) is 15.7. The van der Waals surface area contributed by atoms with Crippen LogP contribution in [0.2, 0.25) is 39.3 Å². The number of aryl methyl sites for hydroxylation is 1. The zero-order valence-corrected chi connectivity index (χ0v) is 34.7. The van der Waals surface area contributed by atoms with Gasteiger partial charge in [0.25, 0.3) is 0 Å². The molecule has 5 heteroatoms. The third kappa shape index (κ3) is 6.83. The molecule has 0 amide bonds. The van der Waals surface area contributed by atoms with Gasteiger partial charge in [-0.05, 0) is 0 Å². The third-order valence-electron chi connectivity index (χ3n) is 9.39. The van der Waals surface area contributed by atoms with E-state index in [9.17, 15) is 0 Å². The standard InChI is InChI=1S/C28H37Si2.C13H10.2ClH.Zr/c1-9-19-15-16-23-21(17-19)18-24-25(20-13-11-12-14-20)22(10-2)27(29(3,4)5)28(26(23)24)30(6,7)8;1-3-7-12(8-4-1)11-13-9-5-2-6-10-13;;;/h11-13,15-18H,9-10,14H2,1-8H3;1-10H;2*1H;/q;;;;+2/p-2. The Morgan fingerprint density at radius 3 is 1.78 bits per heavy atom. The predicted octanol–water partition coefficient (Wildman–Crippen LogP) is 3.67. The van der Waals surface area contributed by atoms with E-state index in [4.69, 9.17) is 0 Å². The van der Waals surface area contributed by atoms with Crippen molar-refractivity contribution in [3.63, 3.8) is 0 Å². The molecular formula is C41H47Cl2Si2Zr. The summed E-state index contributed by atoms with van der Waals surface area (Å²) in [7, 11) is -3.41. The Morgan fingerprint density at radius 1 is 0.717 bits per heavy atom. The molecule has 0 heterocycles. The van der Waals surface area contributed by atoms with Crippen molar-refractivity contribution < 1.29 is 47.6 Å². The minimum atomic E-state index is -1.73. The van der Waals surface area contributed by atoms with Gasteiger partial charge in [0, 0.05) is 0 Å². The number of hydrogen-bond donors (Lipinski definition) is 0. The molecule has 237 valence electrons. The summed E-state index contributed by atoms with van der Waals surface area (Å²) in [5, 5.41) is 3.57. The van der Waals surface area contributed by atoms with Gasteiger partial charge in [0.15, 0.2) is 0 Å². The number of benzene rings is 4. The molecular weight excluding hydrogens is 711 g/mol. The number of fused-ring (bicyclic) bond motifs is 3. The molecule has 6 rings (SSSR count). The Morgan fingerprint density at radius 2 is 1.30 bits per heavy atom. The van der Waals surface area contributed by atoms with E-state index in [2.05, 4.69) is 150 Å². The molecule has 0 nitrogen and oxygen atoms in total. The number of rotatable bonds is 8. The Hall–Kier alpha value is -1.87. The number of allylic oxidation sites excluding steroid dienone is 4. The third-order valence-corrected chi connectivity index (χ3v) is 18.0. The fourth-order valence-electron chi connectivity index (χ4n) is 7.61. The van der Waals surface area contributed by atoms with Crippen LogP contribution in [0.4, 0.5) is 0 Å². The van der Waals surface area contributed by atoms with E-state index < -0.39 is 38.9 Å². The fourth-order valence-corrected chi connectivity index (χ4v) is 18.2. The van der Waals surface area contributed by atoms with Gasteiger partial charge in [0.2, 0.25) is 0 Å². The molecule has 0 N–H and O–H groups in total. The monoisotopic (exact) mass is 755 g/mol. The topological polar surface area (TPSA) is 0 Å². The van der Waals surface area contributed by atoms with Crippen molar-refractivity contribution in [2.24, 2.45) is 0 Å². The van der Waals surface area contributed by atoms with Gasteiger partial charge < -0.3 is 24.8 Å². The van der Waals surface area contributed by atoms with E-state index in [-0.39, 0.29) is 24.8 Å². The van der Waals surface area contributed by atoms with Crippen LogP contribution in [0, 0.1) is 0 Å². The van der Waals surface area contributed by atoms with E-state index in [1.807, 2.05) is 0 Å². The van der Waals surface area contributed by atoms with Gasteiger partial charge in [-0.15, -0.1) is 0 Å². The van der Waals surface area contributed by atoms with Crippen LogP contribution in [0.5, 0.6) is 0 Å². The molecule has 1 unspecified atom stereocenters. The molecule has 2 aliphatic rings. The van der Waals surface area contributed by atoms with Gasteiger partial charge in [-0.25, -0.2) is 0 Å². The molecule has 0 aliphatic heterocycles. The summed E-state index contributed by atoms with van der Waals surface area (Å²) >= 11 is -1.22. The maximum Gasteiger partial charge on any atom is -1.00 e. The van der Waals surface area contributed by atoms with Crippen molar-refractivity contribution in [2.75, 3.05) is 0 Å². The molecule has 0 spiro atoms. The van der Waals surface area contributed by atoms with Crippen LogP contribution in [0.25, 0.3) is 16.7 Å². The van der Waals surface area contributed by atoms with Crippen LogP contribution in [0.15, 0.2) is 97.1 Å². The fraction of sp³-hybridized carbons (Fsp3) is 0.293. The SMILES string of the molecule is CCc1ccc2c(c1)[CH]([Zr+2]=[C](c1ccccc1)c1ccccc1)c1c(C3=CC=CC3)c(CC)c([Si](C)(C)C)c([Si](C)(C)C)c1-2.[Cl-].[Cl-]. The molecule has 46 heavy (non-hydrogen) atoms. The van der Waals surface area contributed by atoms with Crippen molar-refractivity contribution in [3.8, 4) is 11.1 Å². The Balaban J connectivity index is 0.00000240. The van der Waals surface area contributed by atoms with Gasteiger partial charge in [-0.3, -0.25) is 0 Å². The largest absolute Gasteiger partial charge is 1.00 e. The molecule has 4 aromatic rings. The van der Waals surface area contributed by atoms with E-state index in [0.29, 0.717) is 3.63 Å². The normalized spacial score (nSPS) is 14.9. The zero-order chi connectivity index (χ0) is 31.2. The molecule has 1 atom stereocenters. The smallest absolute Gasteiger partial charge is 1.00 e. The summed E-state index contributed by atoms with van der Waals surface area (Å²) in [6, 6.07) is 30.2. The van der Waals surface area contributed by atoms with Crippen LogP contribution in [-0.2, 0) is 35.6 Å². The predicted molar refractivity (Wildman–Crippen MR) is 196 cm³/mol. The molecule has 4 aromatic carbocycles. The van der Waals surface area contributed by atoms with Crippen LogP contribution < -0.4 is 35.2 Å².